The van der Waals surface area contributed by atoms with E-state index < -0.39 is 24.0 Å². The molecule has 0 saturated carbocycles. The van der Waals surface area contributed by atoms with Gasteiger partial charge in [-0.1, -0.05) is 17.7 Å². The van der Waals surface area contributed by atoms with Gasteiger partial charge in [-0.05, 0) is 43.3 Å². The molecule has 0 saturated heterocycles. The van der Waals surface area contributed by atoms with Gasteiger partial charge in [-0.3, -0.25) is 9.59 Å². The molecule has 9 heteroatoms. The summed E-state index contributed by atoms with van der Waals surface area (Å²) in [5.74, 6) is -2.15. The summed E-state index contributed by atoms with van der Waals surface area (Å²) in [5, 5.41) is 6.65. The minimum absolute atomic E-state index is 0.0254. The fourth-order valence-electron chi connectivity index (χ4n) is 2.51. The monoisotopic (exact) mass is 398 g/mol. The Bertz CT molecular complexity index is 1070. The van der Waals surface area contributed by atoms with E-state index in [4.69, 9.17) is 4.42 Å². The molecule has 0 bridgehead atoms. The van der Waals surface area contributed by atoms with Crippen LogP contribution in [0.25, 0.3) is 11.5 Å². The van der Waals surface area contributed by atoms with Gasteiger partial charge in [-0.25, -0.2) is 9.18 Å². The topological polar surface area (TPSA) is 97.4 Å². The van der Waals surface area contributed by atoms with Crippen molar-refractivity contribution in [2.24, 2.45) is 0 Å². The number of aromatic nitrogens is 2. The van der Waals surface area contributed by atoms with E-state index in [0.717, 1.165) is 10.2 Å². The quantitative estimate of drug-likeness (QED) is 0.685. The number of benzene rings is 2. The number of anilines is 1. The van der Waals surface area contributed by atoms with Crippen molar-refractivity contribution in [3.05, 3.63) is 70.5 Å². The third kappa shape index (κ3) is 5.16. The third-order valence-corrected chi connectivity index (χ3v) is 4.12. The van der Waals surface area contributed by atoms with E-state index in [1.54, 1.807) is 12.1 Å². The number of amides is 2. The summed E-state index contributed by atoms with van der Waals surface area (Å²) in [5.41, 5.74) is 2.09. The number of carbonyl (C=O) groups is 2. The lowest BCUT2D eigenvalue weighted by molar-refractivity contribution is -0.134. The van der Waals surface area contributed by atoms with E-state index in [2.05, 4.69) is 10.4 Å². The first-order chi connectivity index (χ1) is 13.8. The average molecular weight is 398 g/mol. The van der Waals surface area contributed by atoms with Gasteiger partial charge in [0, 0.05) is 18.3 Å². The second kappa shape index (κ2) is 8.51. The van der Waals surface area contributed by atoms with Crippen molar-refractivity contribution in [2.45, 2.75) is 13.5 Å². The molecule has 1 N–H and O–H groups in total. The number of carbonyl (C=O) groups excluding carboxylic acids is 2. The Morgan fingerprint density at radius 1 is 1.14 bits per heavy atom. The fourth-order valence-corrected chi connectivity index (χ4v) is 2.51. The van der Waals surface area contributed by atoms with Gasteiger partial charge in [0.1, 0.15) is 12.4 Å². The number of hydrogen-bond donors (Lipinski definition) is 1. The zero-order valence-electron chi connectivity index (χ0n) is 15.9. The summed E-state index contributed by atoms with van der Waals surface area (Å²) in [7, 11) is 1.45. The smallest absolute Gasteiger partial charge is 0.388 e. The highest BCUT2D eigenvalue weighted by molar-refractivity contribution is 5.94. The van der Waals surface area contributed by atoms with Crippen LogP contribution in [0.3, 0.4) is 0 Å². The van der Waals surface area contributed by atoms with Crippen molar-refractivity contribution in [2.75, 3.05) is 18.9 Å². The van der Waals surface area contributed by atoms with Crippen LogP contribution in [0.4, 0.5) is 10.1 Å². The molecular weight excluding hydrogens is 379 g/mol. The number of aryl methyl sites for hydroxylation is 1. The van der Waals surface area contributed by atoms with E-state index in [-0.39, 0.29) is 18.3 Å². The number of halogens is 1. The molecule has 3 aromatic rings. The van der Waals surface area contributed by atoms with E-state index in [1.165, 1.54) is 36.2 Å². The van der Waals surface area contributed by atoms with Crippen molar-refractivity contribution in [3.8, 4) is 11.5 Å². The molecule has 2 amide bonds. The van der Waals surface area contributed by atoms with E-state index in [1.807, 2.05) is 19.1 Å². The molecule has 1 aromatic heterocycles. The van der Waals surface area contributed by atoms with Crippen LogP contribution in [-0.4, -0.2) is 40.1 Å². The van der Waals surface area contributed by atoms with Gasteiger partial charge in [0.15, 0.2) is 0 Å². The lowest BCUT2D eigenvalue weighted by Crippen LogP contribution is -2.38. The largest absolute Gasteiger partial charge is 0.437 e. The summed E-state index contributed by atoms with van der Waals surface area (Å²) < 4.78 is 18.9. The van der Waals surface area contributed by atoms with Crippen molar-refractivity contribution in [3.63, 3.8) is 0 Å². The van der Waals surface area contributed by atoms with Crippen LogP contribution >= 0.6 is 0 Å². The lowest BCUT2D eigenvalue weighted by Gasteiger charge is -2.16. The standard InChI is InChI=1S/C20H19FN4O4/c1-13-3-9-16(10-4-13)22-17(26)11-24(2)18(27)12-25-20(28)29-19(23-25)14-5-7-15(21)8-6-14/h3-10H,11-12H2,1-2H3,(H,22,26). The molecule has 0 aliphatic heterocycles. The van der Waals surface area contributed by atoms with Crippen LogP contribution < -0.4 is 11.1 Å². The summed E-state index contributed by atoms with van der Waals surface area (Å²) in [6.45, 7) is 1.35. The average Bonchev–Trinajstić information content (AvgIpc) is 3.04. The van der Waals surface area contributed by atoms with Gasteiger partial charge in [0.2, 0.25) is 17.7 Å². The first kappa shape index (κ1) is 20.0. The number of rotatable bonds is 6. The molecule has 29 heavy (non-hydrogen) atoms. The molecule has 0 aliphatic rings. The van der Waals surface area contributed by atoms with E-state index in [0.29, 0.717) is 11.3 Å². The summed E-state index contributed by atoms with van der Waals surface area (Å²) in [6, 6.07) is 12.5. The molecule has 3 rings (SSSR count). The van der Waals surface area contributed by atoms with Crippen LogP contribution in [0.2, 0.25) is 0 Å². The number of hydrogen-bond acceptors (Lipinski definition) is 5. The molecule has 150 valence electrons. The van der Waals surface area contributed by atoms with Crippen molar-refractivity contribution in [1.82, 2.24) is 14.7 Å². The van der Waals surface area contributed by atoms with Crippen LogP contribution in [-0.2, 0) is 16.1 Å². The molecule has 0 aliphatic carbocycles. The SMILES string of the molecule is Cc1ccc(NC(=O)CN(C)C(=O)Cn2nc(-c3ccc(F)cc3)oc2=O)cc1. The highest BCUT2D eigenvalue weighted by atomic mass is 19.1. The number of nitrogens with one attached hydrogen (secondary N) is 1. The molecule has 0 atom stereocenters. The predicted molar refractivity (Wildman–Crippen MR) is 104 cm³/mol. The van der Waals surface area contributed by atoms with Gasteiger partial charge in [0.25, 0.3) is 0 Å². The number of likely N-dealkylation sites (N-methyl/N-ethyl adjacent to an activating group) is 1. The number of nitrogens with zero attached hydrogens (tertiary/aromatic N) is 3. The Labute approximate surface area is 165 Å². The predicted octanol–water partition coefficient (Wildman–Crippen LogP) is 2.05. The zero-order chi connectivity index (χ0) is 21.0. The first-order valence-corrected chi connectivity index (χ1v) is 8.76. The second-order valence-corrected chi connectivity index (χ2v) is 6.50. The maximum atomic E-state index is 13.0. The van der Waals surface area contributed by atoms with Crippen molar-refractivity contribution >= 4 is 17.5 Å². The Balaban J connectivity index is 1.60. The first-order valence-electron chi connectivity index (χ1n) is 8.76. The molecule has 0 radical (unpaired) electrons. The maximum Gasteiger partial charge on any atom is 0.437 e. The van der Waals surface area contributed by atoms with Gasteiger partial charge in [-0.2, -0.15) is 4.68 Å². The molecular formula is C20H19FN4O4. The van der Waals surface area contributed by atoms with E-state index >= 15 is 0 Å². The van der Waals surface area contributed by atoms with Crippen LogP contribution in [0.1, 0.15) is 5.56 Å². The minimum Gasteiger partial charge on any atom is -0.388 e. The van der Waals surface area contributed by atoms with E-state index in [9.17, 15) is 18.8 Å². The highest BCUT2D eigenvalue weighted by Gasteiger charge is 2.18. The summed E-state index contributed by atoms with van der Waals surface area (Å²) in [4.78, 5) is 37.6. The van der Waals surface area contributed by atoms with Crippen LogP contribution in [0.15, 0.2) is 57.7 Å². The Morgan fingerprint density at radius 2 is 1.79 bits per heavy atom. The van der Waals surface area contributed by atoms with Crippen molar-refractivity contribution < 1.29 is 18.4 Å². The van der Waals surface area contributed by atoms with Crippen LogP contribution in [0, 0.1) is 12.7 Å². The normalized spacial score (nSPS) is 10.6. The van der Waals surface area contributed by atoms with Crippen LogP contribution in [0.5, 0.6) is 0 Å². The van der Waals surface area contributed by atoms with Gasteiger partial charge < -0.3 is 14.6 Å². The third-order valence-electron chi connectivity index (χ3n) is 4.12. The lowest BCUT2D eigenvalue weighted by atomic mass is 10.2. The fraction of sp³-hybridized carbons (Fsp3) is 0.200. The Morgan fingerprint density at radius 3 is 2.45 bits per heavy atom. The molecule has 1 heterocycles. The Kier molecular flexibility index (Phi) is 5.87. The zero-order valence-corrected chi connectivity index (χ0v) is 15.9. The highest BCUT2D eigenvalue weighted by Crippen LogP contribution is 2.15. The minimum atomic E-state index is -0.824. The molecule has 0 unspecified atom stereocenters. The molecule has 0 fully saturated rings. The Hall–Kier alpha value is -3.75. The second-order valence-electron chi connectivity index (χ2n) is 6.50. The molecule has 2 aromatic carbocycles. The maximum absolute atomic E-state index is 13.0. The van der Waals surface area contributed by atoms with Gasteiger partial charge in [0.05, 0.1) is 6.54 Å². The summed E-state index contributed by atoms with van der Waals surface area (Å²) >= 11 is 0. The molecule has 8 nitrogen and oxygen atoms in total. The van der Waals surface area contributed by atoms with Gasteiger partial charge >= 0.3 is 5.76 Å². The van der Waals surface area contributed by atoms with Gasteiger partial charge in [-0.15, -0.1) is 5.10 Å². The molecule has 0 spiro atoms. The van der Waals surface area contributed by atoms with Crippen molar-refractivity contribution in [1.29, 1.82) is 0 Å². The summed E-state index contributed by atoms with van der Waals surface area (Å²) in [6.07, 6.45) is 0.